The van der Waals surface area contributed by atoms with E-state index in [-0.39, 0.29) is 49.1 Å². The number of carbonyl (C=O) groups is 3. The molecule has 0 radical (unpaired) electrons. The Hall–Kier alpha value is -1.92. The van der Waals surface area contributed by atoms with Gasteiger partial charge in [0, 0.05) is 18.0 Å². The lowest BCUT2D eigenvalue weighted by atomic mass is 9.81. The molecule has 7 heteroatoms. The van der Waals surface area contributed by atoms with E-state index in [9.17, 15) is 19.5 Å². The van der Waals surface area contributed by atoms with Gasteiger partial charge >= 0.3 is 0 Å². The van der Waals surface area contributed by atoms with Gasteiger partial charge in [-0.3, -0.25) is 19.3 Å². The van der Waals surface area contributed by atoms with Crippen molar-refractivity contribution in [2.24, 2.45) is 11.8 Å². The van der Waals surface area contributed by atoms with Gasteiger partial charge in [-0.25, -0.2) is 0 Å². The Kier molecular flexibility index (Phi) is 5.86. The predicted molar refractivity (Wildman–Crippen MR) is 101 cm³/mol. The SMILES string of the molecule is C[C@](O)(CNC(=O)CCN1C(=O)[C@H]2CCCC[C@H]2C1=O)c1cccc(Cl)c1. The molecule has 0 aromatic heterocycles. The van der Waals surface area contributed by atoms with Gasteiger partial charge in [-0.1, -0.05) is 36.6 Å². The molecule has 1 heterocycles. The van der Waals surface area contributed by atoms with Gasteiger partial charge in [-0.05, 0) is 37.5 Å². The molecule has 3 atom stereocenters. The number of hydrogen-bond donors (Lipinski definition) is 2. The fourth-order valence-electron chi connectivity index (χ4n) is 3.95. The smallest absolute Gasteiger partial charge is 0.233 e. The number of hydrogen-bond acceptors (Lipinski definition) is 4. The monoisotopic (exact) mass is 392 g/mol. The zero-order valence-electron chi connectivity index (χ0n) is 15.4. The van der Waals surface area contributed by atoms with Crippen LogP contribution in [0.5, 0.6) is 0 Å². The van der Waals surface area contributed by atoms with Crippen molar-refractivity contribution in [2.45, 2.75) is 44.6 Å². The van der Waals surface area contributed by atoms with Crippen LogP contribution in [-0.2, 0) is 20.0 Å². The molecule has 27 heavy (non-hydrogen) atoms. The molecule has 1 aromatic carbocycles. The summed E-state index contributed by atoms with van der Waals surface area (Å²) in [6.07, 6.45) is 3.52. The van der Waals surface area contributed by atoms with Gasteiger partial charge in [-0.2, -0.15) is 0 Å². The number of amides is 3. The molecule has 2 N–H and O–H groups in total. The molecular formula is C20H25ClN2O4. The average Bonchev–Trinajstić information content (AvgIpc) is 2.89. The third-order valence-electron chi connectivity index (χ3n) is 5.57. The minimum Gasteiger partial charge on any atom is -0.384 e. The molecule has 1 saturated carbocycles. The Morgan fingerprint density at radius 3 is 2.48 bits per heavy atom. The van der Waals surface area contributed by atoms with E-state index in [1.807, 2.05) is 0 Å². The highest BCUT2D eigenvalue weighted by atomic mass is 35.5. The molecule has 0 spiro atoms. The minimum atomic E-state index is -1.27. The summed E-state index contributed by atoms with van der Waals surface area (Å²) in [5, 5.41) is 13.8. The van der Waals surface area contributed by atoms with Crippen LogP contribution in [0.3, 0.4) is 0 Å². The summed E-state index contributed by atoms with van der Waals surface area (Å²) in [5.74, 6) is -0.977. The lowest BCUT2D eigenvalue weighted by Gasteiger charge is -2.24. The number of nitrogens with one attached hydrogen (secondary N) is 1. The molecule has 2 fully saturated rings. The summed E-state index contributed by atoms with van der Waals surface area (Å²) < 4.78 is 0. The van der Waals surface area contributed by atoms with E-state index in [0.29, 0.717) is 10.6 Å². The molecule has 0 unspecified atom stereocenters. The second-order valence-electron chi connectivity index (χ2n) is 7.64. The normalized spacial score (nSPS) is 24.5. The van der Waals surface area contributed by atoms with Crippen molar-refractivity contribution in [2.75, 3.05) is 13.1 Å². The molecule has 3 amide bonds. The quantitative estimate of drug-likeness (QED) is 0.727. The fourth-order valence-corrected chi connectivity index (χ4v) is 4.14. The molecule has 1 aliphatic heterocycles. The van der Waals surface area contributed by atoms with E-state index in [1.54, 1.807) is 31.2 Å². The maximum absolute atomic E-state index is 12.4. The maximum atomic E-state index is 12.4. The summed E-state index contributed by atoms with van der Waals surface area (Å²) in [6.45, 7) is 1.70. The highest BCUT2D eigenvalue weighted by molar-refractivity contribution is 6.30. The average molecular weight is 393 g/mol. The van der Waals surface area contributed by atoms with Crippen LogP contribution < -0.4 is 5.32 Å². The largest absolute Gasteiger partial charge is 0.384 e. The first-order chi connectivity index (χ1) is 12.8. The first-order valence-corrected chi connectivity index (χ1v) is 9.78. The second-order valence-corrected chi connectivity index (χ2v) is 8.07. The third-order valence-corrected chi connectivity index (χ3v) is 5.81. The number of likely N-dealkylation sites (tertiary alicyclic amines) is 1. The zero-order chi connectivity index (χ0) is 19.6. The maximum Gasteiger partial charge on any atom is 0.233 e. The van der Waals surface area contributed by atoms with E-state index in [2.05, 4.69) is 5.32 Å². The molecule has 6 nitrogen and oxygen atoms in total. The van der Waals surface area contributed by atoms with Crippen LogP contribution in [0.4, 0.5) is 0 Å². The van der Waals surface area contributed by atoms with Crippen LogP contribution in [0.25, 0.3) is 0 Å². The van der Waals surface area contributed by atoms with Gasteiger partial charge in [-0.15, -0.1) is 0 Å². The highest BCUT2D eigenvalue weighted by Crippen LogP contribution is 2.37. The predicted octanol–water partition coefficient (Wildman–Crippen LogP) is 2.23. The van der Waals surface area contributed by atoms with Crippen LogP contribution in [-0.4, -0.2) is 40.8 Å². The van der Waals surface area contributed by atoms with E-state index in [4.69, 9.17) is 11.6 Å². The molecular weight excluding hydrogens is 368 g/mol. The van der Waals surface area contributed by atoms with Crippen molar-refractivity contribution in [3.8, 4) is 0 Å². The summed E-state index contributed by atoms with van der Waals surface area (Å²) in [5.41, 5.74) is -0.668. The van der Waals surface area contributed by atoms with Gasteiger partial charge in [0.1, 0.15) is 5.60 Å². The Bertz CT molecular complexity index is 725. The molecule has 3 rings (SSSR count). The molecule has 2 aliphatic rings. The van der Waals surface area contributed by atoms with E-state index >= 15 is 0 Å². The number of carbonyl (C=O) groups excluding carboxylic acids is 3. The first-order valence-electron chi connectivity index (χ1n) is 9.40. The first kappa shape index (κ1) is 19.8. The van der Waals surface area contributed by atoms with E-state index < -0.39 is 5.60 Å². The number of imide groups is 1. The Balaban J connectivity index is 1.51. The minimum absolute atomic E-state index is 0.0132. The molecule has 1 aliphatic carbocycles. The fraction of sp³-hybridized carbons (Fsp3) is 0.550. The summed E-state index contributed by atoms with van der Waals surface area (Å²) in [6, 6.07) is 6.83. The lowest BCUT2D eigenvalue weighted by molar-refractivity contribution is -0.140. The van der Waals surface area contributed by atoms with Gasteiger partial charge in [0.2, 0.25) is 17.7 Å². The van der Waals surface area contributed by atoms with Crippen LogP contribution in [0.1, 0.15) is 44.6 Å². The molecule has 0 bridgehead atoms. The van der Waals surface area contributed by atoms with Crippen molar-refractivity contribution in [1.82, 2.24) is 10.2 Å². The van der Waals surface area contributed by atoms with Gasteiger partial charge in [0.15, 0.2) is 0 Å². The van der Waals surface area contributed by atoms with Crippen LogP contribution in [0, 0.1) is 11.8 Å². The van der Waals surface area contributed by atoms with Crippen LogP contribution in [0.2, 0.25) is 5.02 Å². The number of aliphatic hydroxyl groups is 1. The summed E-state index contributed by atoms with van der Waals surface area (Å²) in [7, 11) is 0. The van der Waals surface area contributed by atoms with Gasteiger partial charge < -0.3 is 10.4 Å². The highest BCUT2D eigenvalue weighted by Gasteiger charge is 2.47. The van der Waals surface area contributed by atoms with Crippen molar-refractivity contribution in [3.63, 3.8) is 0 Å². The van der Waals surface area contributed by atoms with Crippen molar-refractivity contribution in [3.05, 3.63) is 34.9 Å². The van der Waals surface area contributed by atoms with Crippen LogP contribution >= 0.6 is 11.6 Å². The van der Waals surface area contributed by atoms with E-state index in [0.717, 1.165) is 25.7 Å². The van der Waals surface area contributed by atoms with Gasteiger partial charge in [0.05, 0.1) is 18.4 Å². The van der Waals surface area contributed by atoms with E-state index in [1.165, 1.54) is 4.90 Å². The molecule has 1 aromatic rings. The number of rotatable bonds is 6. The van der Waals surface area contributed by atoms with Gasteiger partial charge in [0.25, 0.3) is 0 Å². The Morgan fingerprint density at radius 1 is 1.26 bits per heavy atom. The topological polar surface area (TPSA) is 86.7 Å². The summed E-state index contributed by atoms with van der Waals surface area (Å²) >= 11 is 5.95. The van der Waals surface area contributed by atoms with Crippen LogP contribution in [0.15, 0.2) is 24.3 Å². The summed E-state index contributed by atoms with van der Waals surface area (Å²) in [4.78, 5) is 38.3. The van der Waals surface area contributed by atoms with Crippen molar-refractivity contribution in [1.29, 1.82) is 0 Å². The molecule has 146 valence electrons. The van der Waals surface area contributed by atoms with Crippen molar-refractivity contribution >= 4 is 29.3 Å². The lowest BCUT2D eigenvalue weighted by Crippen LogP contribution is -2.40. The standard InChI is InChI=1S/C20H25ClN2O4/c1-20(27,13-5-4-6-14(21)11-13)12-22-17(24)9-10-23-18(25)15-7-2-3-8-16(15)19(23)26/h4-6,11,15-16,27H,2-3,7-10,12H2,1H3,(H,22,24)/t15-,16+,20-/m0/s1. The Labute approximate surface area is 163 Å². The molecule has 1 saturated heterocycles. The van der Waals surface area contributed by atoms with Crippen molar-refractivity contribution < 1.29 is 19.5 Å². The number of fused-ring (bicyclic) bond motifs is 1. The number of benzene rings is 1. The number of nitrogens with zero attached hydrogens (tertiary/aromatic N) is 1. The zero-order valence-corrected chi connectivity index (χ0v) is 16.2. The Morgan fingerprint density at radius 2 is 1.89 bits per heavy atom. The third kappa shape index (κ3) is 4.33. The number of halogens is 1. The second kappa shape index (κ2) is 7.98.